The van der Waals surface area contributed by atoms with Crippen molar-refractivity contribution in [3.05, 3.63) is 89.6 Å². The summed E-state index contributed by atoms with van der Waals surface area (Å²) >= 11 is 6.06. The standard InChI is InChI=1S/C24H18ClFN4O5/c25-20-18-21(28-12-27-20)30(13-29-18)22-17(26)19(35-24(32)15-9-5-2-6-10-15)16(34-22)11-33-23(31)14-7-3-1-4-8-14/h1-10,12-13,16-17,19,22H,11H2/t16-,17-,19?,22-/m1/s1. The Morgan fingerprint density at radius 1 is 0.971 bits per heavy atom. The van der Waals surface area contributed by atoms with E-state index in [0.717, 1.165) is 0 Å². The third-order valence-corrected chi connectivity index (χ3v) is 5.77. The maximum absolute atomic E-state index is 15.8. The van der Waals surface area contributed by atoms with Crippen molar-refractivity contribution in [1.82, 2.24) is 19.5 Å². The molecule has 178 valence electrons. The fourth-order valence-electron chi connectivity index (χ4n) is 3.78. The van der Waals surface area contributed by atoms with Crippen LogP contribution in [0, 0.1) is 0 Å². The second kappa shape index (κ2) is 9.77. The van der Waals surface area contributed by atoms with E-state index in [2.05, 4.69) is 15.0 Å². The van der Waals surface area contributed by atoms with Crippen LogP contribution in [0.1, 0.15) is 26.9 Å². The van der Waals surface area contributed by atoms with E-state index in [1.54, 1.807) is 60.7 Å². The topological polar surface area (TPSA) is 105 Å². The van der Waals surface area contributed by atoms with E-state index in [9.17, 15) is 9.59 Å². The molecule has 35 heavy (non-hydrogen) atoms. The Morgan fingerprint density at radius 3 is 2.31 bits per heavy atom. The highest BCUT2D eigenvalue weighted by Crippen LogP contribution is 2.36. The zero-order chi connectivity index (χ0) is 24.4. The molecule has 11 heteroatoms. The van der Waals surface area contributed by atoms with Crippen LogP contribution in [0.2, 0.25) is 5.15 Å². The third kappa shape index (κ3) is 4.58. The third-order valence-electron chi connectivity index (χ3n) is 5.50. The van der Waals surface area contributed by atoms with Gasteiger partial charge in [-0.05, 0) is 24.3 Å². The Bertz CT molecular complexity index is 1350. The maximum atomic E-state index is 15.8. The predicted molar refractivity (Wildman–Crippen MR) is 122 cm³/mol. The van der Waals surface area contributed by atoms with E-state index in [1.807, 2.05) is 0 Å². The number of benzene rings is 2. The number of fused-ring (bicyclic) bond motifs is 1. The first-order chi connectivity index (χ1) is 17.0. The Balaban J connectivity index is 1.40. The van der Waals surface area contributed by atoms with Crippen molar-refractivity contribution in [1.29, 1.82) is 0 Å². The summed E-state index contributed by atoms with van der Waals surface area (Å²) in [6, 6.07) is 16.5. The van der Waals surface area contributed by atoms with Crippen molar-refractivity contribution < 1.29 is 28.2 Å². The van der Waals surface area contributed by atoms with Gasteiger partial charge in [0.2, 0.25) is 0 Å². The van der Waals surface area contributed by atoms with Crippen LogP contribution in [0.5, 0.6) is 0 Å². The second-order valence-corrected chi connectivity index (χ2v) is 8.06. The lowest BCUT2D eigenvalue weighted by atomic mass is 10.1. The van der Waals surface area contributed by atoms with Crippen LogP contribution < -0.4 is 0 Å². The number of ether oxygens (including phenoxy) is 3. The molecule has 0 radical (unpaired) electrons. The van der Waals surface area contributed by atoms with Gasteiger partial charge in [0.05, 0.1) is 17.5 Å². The van der Waals surface area contributed by atoms with Crippen LogP contribution >= 0.6 is 11.6 Å². The molecule has 2 aromatic carbocycles. The summed E-state index contributed by atoms with van der Waals surface area (Å²) in [7, 11) is 0. The fourth-order valence-corrected chi connectivity index (χ4v) is 3.96. The molecule has 2 aromatic heterocycles. The first-order valence-electron chi connectivity index (χ1n) is 10.6. The Hall–Kier alpha value is -3.89. The average molecular weight is 497 g/mol. The Labute approximate surface area is 203 Å². The van der Waals surface area contributed by atoms with E-state index in [4.69, 9.17) is 25.8 Å². The van der Waals surface area contributed by atoms with Crippen molar-refractivity contribution in [3.63, 3.8) is 0 Å². The van der Waals surface area contributed by atoms with E-state index in [1.165, 1.54) is 17.2 Å². The lowest BCUT2D eigenvalue weighted by Gasteiger charge is -2.19. The molecule has 0 amide bonds. The number of hydrogen-bond acceptors (Lipinski definition) is 8. The number of alkyl halides is 1. The minimum Gasteiger partial charge on any atom is -0.459 e. The minimum atomic E-state index is -1.82. The number of rotatable bonds is 6. The molecule has 0 bridgehead atoms. The number of esters is 2. The van der Waals surface area contributed by atoms with Gasteiger partial charge in [0, 0.05) is 0 Å². The van der Waals surface area contributed by atoms with Gasteiger partial charge in [0.1, 0.15) is 24.6 Å². The van der Waals surface area contributed by atoms with Crippen molar-refractivity contribution in [2.45, 2.75) is 24.6 Å². The lowest BCUT2D eigenvalue weighted by Crippen LogP contribution is -2.37. The molecule has 0 spiro atoms. The van der Waals surface area contributed by atoms with Gasteiger partial charge in [-0.1, -0.05) is 48.0 Å². The van der Waals surface area contributed by atoms with Crippen LogP contribution in [0.3, 0.4) is 0 Å². The molecule has 1 unspecified atom stereocenters. The summed E-state index contributed by atoms with van der Waals surface area (Å²) in [6.45, 7) is -0.347. The van der Waals surface area contributed by atoms with Crippen LogP contribution in [-0.4, -0.2) is 56.4 Å². The molecule has 4 atom stereocenters. The van der Waals surface area contributed by atoms with Crippen molar-refractivity contribution in [2.24, 2.45) is 0 Å². The molecule has 3 heterocycles. The second-order valence-electron chi connectivity index (χ2n) is 7.70. The van der Waals surface area contributed by atoms with Gasteiger partial charge >= 0.3 is 11.9 Å². The van der Waals surface area contributed by atoms with E-state index >= 15 is 4.39 Å². The summed E-state index contributed by atoms with van der Waals surface area (Å²) in [5.41, 5.74) is 1.08. The summed E-state index contributed by atoms with van der Waals surface area (Å²) < 4.78 is 33.8. The fraction of sp³-hybridized carbons (Fsp3) is 0.208. The van der Waals surface area contributed by atoms with Crippen molar-refractivity contribution in [2.75, 3.05) is 6.61 Å². The average Bonchev–Trinajstić information content (AvgIpc) is 3.45. The molecular formula is C24H18ClFN4O5. The number of carbonyl (C=O) groups excluding carboxylic acids is 2. The molecule has 5 rings (SSSR count). The highest BCUT2D eigenvalue weighted by Gasteiger charge is 2.49. The number of carbonyl (C=O) groups is 2. The van der Waals surface area contributed by atoms with Gasteiger partial charge in [0.15, 0.2) is 29.3 Å². The predicted octanol–water partition coefficient (Wildman–Crippen LogP) is 3.80. The zero-order valence-electron chi connectivity index (χ0n) is 18.0. The molecule has 9 nitrogen and oxygen atoms in total. The maximum Gasteiger partial charge on any atom is 0.338 e. The lowest BCUT2D eigenvalue weighted by molar-refractivity contribution is -0.0570. The first kappa shape index (κ1) is 22.9. The van der Waals surface area contributed by atoms with E-state index in [-0.39, 0.29) is 28.5 Å². The number of imidazole rings is 1. The summed E-state index contributed by atoms with van der Waals surface area (Å²) in [6.07, 6.45) is -3.01. The zero-order valence-corrected chi connectivity index (χ0v) is 18.8. The smallest absolute Gasteiger partial charge is 0.338 e. The molecule has 0 N–H and O–H groups in total. The van der Waals surface area contributed by atoms with Gasteiger partial charge in [-0.3, -0.25) is 4.57 Å². The Morgan fingerprint density at radius 2 is 1.63 bits per heavy atom. The molecular weight excluding hydrogens is 479 g/mol. The molecule has 1 aliphatic rings. The summed E-state index contributed by atoms with van der Waals surface area (Å²) in [5, 5.41) is 0.0996. The largest absolute Gasteiger partial charge is 0.459 e. The van der Waals surface area contributed by atoms with E-state index < -0.39 is 36.5 Å². The van der Waals surface area contributed by atoms with E-state index in [0.29, 0.717) is 5.56 Å². The van der Waals surface area contributed by atoms with Crippen LogP contribution in [-0.2, 0) is 14.2 Å². The van der Waals surface area contributed by atoms with Gasteiger partial charge in [0.25, 0.3) is 0 Å². The summed E-state index contributed by atoms with van der Waals surface area (Å²) in [4.78, 5) is 37.2. The van der Waals surface area contributed by atoms with Crippen LogP contribution in [0.25, 0.3) is 11.2 Å². The molecule has 0 aliphatic carbocycles. The highest BCUT2D eigenvalue weighted by atomic mass is 35.5. The first-order valence-corrected chi connectivity index (χ1v) is 11.0. The SMILES string of the molecule is O=C(OC[C@H]1O[C@@H](n2cnc3c(Cl)ncnc32)[C@H](F)C1OC(=O)c1ccccc1)c1ccccc1. The number of aromatic nitrogens is 4. The quantitative estimate of drug-likeness (QED) is 0.293. The highest BCUT2D eigenvalue weighted by molar-refractivity contribution is 6.33. The Kier molecular flexibility index (Phi) is 6.39. The molecule has 1 fully saturated rings. The molecule has 0 saturated carbocycles. The van der Waals surface area contributed by atoms with Crippen LogP contribution in [0.4, 0.5) is 4.39 Å². The van der Waals surface area contributed by atoms with Crippen molar-refractivity contribution in [3.8, 4) is 0 Å². The van der Waals surface area contributed by atoms with Gasteiger partial charge in [-0.25, -0.2) is 28.9 Å². The number of halogens is 2. The normalized spacial score (nSPS) is 21.7. The number of nitrogens with zero attached hydrogens (tertiary/aromatic N) is 4. The molecule has 1 saturated heterocycles. The van der Waals surface area contributed by atoms with Gasteiger partial charge in [-0.2, -0.15) is 0 Å². The minimum absolute atomic E-state index is 0.0996. The van der Waals surface area contributed by atoms with Gasteiger partial charge < -0.3 is 14.2 Å². The van der Waals surface area contributed by atoms with Gasteiger partial charge in [-0.15, -0.1) is 0 Å². The van der Waals surface area contributed by atoms with Crippen molar-refractivity contribution >= 4 is 34.7 Å². The summed E-state index contributed by atoms with van der Waals surface area (Å²) in [5.74, 6) is -1.35. The van der Waals surface area contributed by atoms with Crippen LogP contribution in [0.15, 0.2) is 73.3 Å². The molecule has 4 aromatic rings. The molecule has 1 aliphatic heterocycles. The number of hydrogen-bond donors (Lipinski definition) is 0. The monoisotopic (exact) mass is 496 g/mol.